The zero-order chi connectivity index (χ0) is 41.0. The molecule has 0 atom stereocenters. The lowest BCUT2D eigenvalue weighted by atomic mass is 10.0. The van der Waals surface area contributed by atoms with Gasteiger partial charge in [0.05, 0.1) is 27.5 Å². The van der Waals surface area contributed by atoms with Crippen LogP contribution in [0, 0.1) is 18.6 Å². The molecular weight excluding hydrogens is 757 g/mol. The molecule has 0 amide bonds. The smallest absolute Gasteiger partial charge is 0.207 e. The van der Waals surface area contributed by atoms with E-state index in [4.69, 9.17) is 0 Å². The van der Waals surface area contributed by atoms with Gasteiger partial charge in [-0.15, -0.1) is 9.13 Å². The molecule has 5 aromatic carbocycles. The summed E-state index contributed by atoms with van der Waals surface area (Å²) >= 11 is 0. The van der Waals surface area contributed by atoms with Gasteiger partial charge >= 0.3 is 6.67 Å². The van der Waals surface area contributed by atoms with Gasteiger partial charge < -0.3 is 0 Å². The minimum atomic E-state index is -0.514. The number of rotatable bonds is 0. The summed E-state index contributed by atoms with van der Waals surface area (Å²) < 4.78 is 37.8. The Kier molecular flexibility index (Phi) is 8.96. The van der Waals surface area contributed by atoms with Gasteiger partial charge in [-0.05, 0) is 79.7 Å². The summed E-state index contributed by atoms with van der Waals surface area (Å²) in [7, 11) is 0. The average Bonchev–Trinajstić information content (AvgIpc) is 4.06. The molecule has 61 heavy (non-hydrogen) atoms. The van der Waals surface area contributed by atoms with Crippen LogP contribution in [0.2, 0.25) is 0 Å². The lowest BCUT2D eigenvalue weighted by Gasteiger charge is -1.98. The second kappa shape index (κ2) is 14.9. The summed E-state index contributed by atoms with van der Waals surface area (Å²) in [5, 5.41) is 3.95. The highest BCUT2D eigenvalue weighted by atomic mass is 19.1. The molecule has 14 rings (SSSR count). The van der Waals surface area contributed by atoms with E-state index in [-0.39, 0.29) is 0 Å². The van der Waals surface area contributed by atoms with Crippen molar-refractivity contribution >= 4 is 32.7 Å². The van der Waals surface area contributed by atoms with Crippen LogP contribution >= 0.6 is 0 Å². The fraction of sp³-hybridized carbons (Fsp3) is 0.0926. The van der Waals surface area contributed by atoms with E-state index in [0.717, 1.165) is 31.5 Å². The molecule has 0 saturated carbocycles. The molecule has 292 valence electrons. The average molecular weight is 799 g/mol. The van der Waals surface area contributed by atoms with Gasteiger partial charge in [0.15, 0.2) is 44.4 Å². The van der Waals surface area contributed by atoms with E-state index in [1.165, 1.54) is 78.0 Å². The standard InChI is InChI=1S/C16H12N.C13H10N2.C13H12N.C12H8F2N/c1-3-7-14-13(6-1)11-17-15-8-4-2-5-12(15)9-10-16(14)17;1-3-10-5-6-11-4-2-8-15-9-14(7-1)12(10)13(11)15;1-10-5-6-12-11(8-10)9-14-7-3-2-4-13(12)14;13-9-5-8-7-15-4-2-1-3-11(15)12(8)10(14)6-9/h1-10H,11H2;1-8H,9H2;2-8H,9H2,1H3;1-6H,7H2/q+1;+2;2*+1. The van der Waals surface area contributed by atoms with E-state index in [9.17, 15) is 8.78 Å². The Morgan fingerprint density at radius 3 is 1.82 bits per heavy atom. The molecule has 0 saturated heterocycles. The van der Waals surface area contributed by atoms with Crippen molar-refractivity contribution in [3.05, 3.63) is 222 Å². The number of nitrogens with zero attached hydrogens (tertiary/aromatic N) is 5. The Bertz CT molecular complexity index is 3320. The molecule has 0 aliphatic carbocycles. The fourth-order valence-electron chi connectivity index (χ4n) is 9.49. The molecule has 0 unspecified atom stereocenters. The Labute approximate surface area is 352 Å². The third-order valence-electron chi connectivity index (χ3n) is 12.2. The van der Waals surface area contributed by atoms with Gasteiger partial charge in [-0.1, -0.05) is 42.0 Å². The molecule has 10 aromatic rings. The monoisotopic (exact) mass is 798 g/mol. The molecule has 9 heterocycles. The molecule has 7 heteroatoms. The largest absolute Gasteiger partial charge is 0.345 e. The molecule has 4 aliphatic rings. The quantitative estimate of drug-likeness (QED) is 0.108. The molecule has 5 aromatic heterocycles. The molecule has 5 nitrogen and oxygen atoms in total. The highest BCUT2D eigenvalue weighted by Crippen LogP contribution is 2.31. The van der Waals surface area contributed by atoms with E-state index in [2.05, 4.69) is 177 Å². The Balaban J connectivity index is 0.0000000921. The minimum absolute atomic E-state index is 0.484. The van der Waals surface area contributed by atoms with Gasteiger partial charge in [-0.3, -0.25) is 0 Å². The Morgan fingerprint density at radius 1 is 0.426 bits per heavy atom. The van der Waals surface area contributed by atoms with E-state index >= 15 is 0 Å². The Morgan fingerprint density at radius 2 is 1.03 bits per heavy atom. The lowest BCUT2D eigenvalue weighted by Crippen LogP contribution is -2.45. The van der Waals surface area contributed by atoms with Crippen molar-refractivity contribution in [1.29, 1.82) is 0 Å². The van der Waals surface area contributed by atoms with Crippen molar-refractivity contribution in [1.82, 2.24) is 0 Å². The van der Waals surface area contributed by atoms with E-state index in [1.807, 2.05) is 29.0 Å². The number of halogens is 2. The first-order valence-electron chi connectivity index (χ1n) is 20.8. The predicted octanol–water partition coefficient (Wildman–Crippen LogP) is 9.14. The first kappa shape index (κ1) is 36.6. The highest BCUT2D eigenvalue weighted by Gasteiger charge is 2.31. The van der Waals surface area contributed by atoms with Crippen LogP contribution in [0.3, 0.4) is 0 Å². The van der Waals surface area contributed by atoms with Crippen molar-refractivity contribution in [3.8, 4) is 33.8 Å². The van der Waals surface area contributed by atoms with Gasteiger partial charge in [-0.2, -0.15) is 13.7 Å². The van der Waals surface area contributed by atoms with Crippen molar-refractivity contribution in [2.45, 2.75) is 33.2 Å². The van der Waals surface area contributed by atoms with Crippen LogP contribution in [-0.2, 0) is 26.3 Å². The maximum Gasteiger partial charge on any atom is 0.345 e. The molecule has 0 bridgehead atoms. The summed E-state index contributed by atoms with van der Waals surface area (Å²) in [6.45, 7) is 5.64. The maximum atomic E-state index is 13.6. The Hall–Kier alpha value is -7.51. The molecule has 0 spiro atoms. The summed E-state index contributed by atoms with van der Waals surface area (Å²) in [6, 6.07) is 55.6. The van der Waals surface area contributed by atoms with Crippen molar-refractivity contribution in [3.63, 3.8) is 0 Å². The number of para-hydroxylation sites is 1. The summed E-state index contributed by atoms with van der Waals surface area (Å²) in [4.78, 5) is 0. The van der Waals surface area contributed by atoms with Gasteiger partial charge in [0, 0.05) is 76.7 Å². The maximum absolute atomic E-state index is 13.6. The second-order valence-electron chi connectivity index (χ2n) is 16.1. The lowest BCUT2D eigenvalue weighted by molar-refractivity contribution is -0.872. The fourth-order valence-corrected chi connectivity index (χ4v) is 9.49. The van der Waals surface area contributed by atoms with Crippen LogP contribution in [0.25, 0.3) is 66.5 Å². The predicted molar refractivity (Wildman–Crippen MR) is 233 cm³/mol. The van der Waals surface area contributed by atoms with E-state index < -0.39 is 11.6 Å². The van der Waals surface area contributed by atoms with Crippen LogP contribution in [0.4, 0.5) is 8.78 Å². The van der Waals surface area contributed by atoms with Gasteiger partial charge in [0.1, 0.15) is 11.6 Å². The van der Waals surface area contributed by atoms with Crippen molar-refractivity contribution in [2.75, 3.05) is 0 Å². The van der Waals surface area contributed by atoms with Gasteiger partial charge in [-0.25, -0.2) is 8.78 Å². The number of fused-ring (bicyclic) bond motifs is 11. The summed E-state index contributed by atoms with van der Waals surface area (Å²) in [5.74, 6) is -0.998. The third kappa shape index (κ3) is 6.50. The van der Waals surface area contributed by atoms with Crippen LogP contribution < -0.4 is 22.8 Å². The van der Waals surface area contributed by atoms with Crippen molar-refractivity contribution in [2.24, 2.45) is 0 Å². The number of aryl methyl sites for hydroxylation is 1. The highest BCUT2D eigenvalue weighted by molar-refractivity contribution is 5.99. The molecular formula is C54H42F2N5+5. The SMILES string of the molecule is Cc1ccc2c(c1)C[n+]1ccccc1-2.Fc1cc(F)c2c(c1)C[n+]1ccccc1-2.c1cc2ccc3ccc[n+]4c3c2[n+](c1)C4.c1ccc2c(c1)C[n+]1c-2ccc2ccccc21. The molecule has 0 fully saturated rings. The zero-order valence-corrected chi connectivity index (χ0v) is 33.7. The topological polar surface area (TPSA) is 19.4 Å². The number of hydrogen-bond donors (Lipinski definition) is 0. The first-order chi connectivity index (χ1) is 30.0. The first-order valence-corrected chi connectivity index (χ1v) is 20.8. The number of aromatic nitrogens is 5. The van der Waals surface area contributed by atoms with Crippen LogP contribution in [-0.4, -0.2) is 0 Å². The summed E-state index contributed by atoms with van der Waals surface area (Å²) in [6.07, 6.45) is 8.31. The van der Waals surface area contributed by atoms with Crippen LogP contribution in [0.5, 0.6) is 0 Å². The molecule has 4 aliphatic heterocycles. The second-order valence-corrected chi connectivity index (χ2v) is 16.1. The normalized spacial score (nSPS) is 12.6. The van der Waals surface area contributed by atoms with Gasteiger partial charge in [0.25, 0.3) is 11.0 Å². The summed E-state index contributed by atoms with van der Waals surface area (Å²) in [5.41, 5.74) is 15.7. The van der Waals surface area contributed by atoms with Crippen molar-refractivity contribution < 1.29 is 31.6 Å². The van der Waals surface area contributed by atoms with Crippen LogP contribution in [0.1, 0.15) is 22.3 Å². The molecule has 0 N–H and O–H groups in total. The molecule has 0 radical (unpaired) electrons. The number of pyridine rings is 5. The number of benzene rings is 5. The van der Waals surface area contributed by atoms with E-state index in [0.29, 0.717) is 17.7 Å². The van der Waals surface area contributed by atoms with Crippen LogP contribution in [0.15, 0.2) is 189 Å². The third-order valence-corrected chi connectivity index (χ3v) is 12.2. The number of hydrogen-bond acceptors (Lipinski definition) is 0. The van der Waals surface area contributed by atoms with Gasteiger partial charge in [0.2, 0.25) is 22.6 Å². The van der Waals surface area contributed by atoms with E-state index in [1.54, 1.807) is 0 Å². The zero-order valence-electron chi connectivity index (χ0n) is 33.7. The minimum Gasteiger partial charge on any atom is -0.207 e.